The Bertz CT molecular complexity index is 1250. The first-order chi connectivity index (χ1) is 15.7. The summed E-state index contributed by atoms with van der Waals surface area (Å²) in [5.41, 5.74) is -0.916. The summed E-state index contributed by atoms with van der Waals surface area (Å²) < 4.78 is 16.1. The molecule has 5 atom stereocenters. The number of phenolic OH excluding ortho intramolecular Hbond substituents is 3. The van der Waals surface area contributed by atoms with Crippen molar-refractivity contribution in [3.63, 3.8) is 0 Å². The Morgan fingerprint density at radius 1 is 0.970 bits per heavy atom. The molecule has 2 aromatic carbocycles. The van der Waals surface area contributed by atoms with Crippen LogP contribution >= 0.6 is 0 Å². The fraction of sp³-hybridized carbons (Fsp3) is 0.318. The second-order valence-corrected chi connectivity index (χ2v) is 7.64. The first kappa shape index (κ1) is 22.8. The van der Waals surface area contributed by atoms with E-state index < -0.39 is 59.6 Å². The van der Waals surface area contributed by atoms with E-state index in [-0.39, 0.29) is 28.2 Å². The lowest BCUT2D eigenvalue weighted by Crippen LogP contribution is -2.55. The quantitative estimate of drug-likeness (QED) is 0.278. The van der Waals surface area contributed by atoms with Crippen molar-refractivity contribution in [3.05, 3.63) is 46.1 Å². The second-order valence-electron chi connectivity index (χ2n) is 7.64. The van der Waals surface area contributed by atoms with Crippen molar-refractivity contribution < 1.29 is 49.6 Å². The lowest BCUT2D eigenvalue weighted by Gasteiger charge is -2.40. The molecule has 2 heterocycles. The van der Waals surface area contributed by atoms with Crippen LogP contribution in [0.25, 0.3) is 22.3 Å². The number of ether oxygens (including phenoxy) is 2. The molecule has 11 nitrogen and oxygen atoms in total. The minimum atomic E-state index is -1.78. The highest BCUT2D eigenvalue weighted by Crippen LogP contribution is 2.44. The molecule has 1 aromatic heterocycles. The van der Waals surface area contributed by atoms with Gasteiger partial charge in [0.2, 0.25) is 0 Å². The summed E-state index contributed by atoms with van der Waals surface area (Å²) in [5.74, 6) is -1.29. The minimum absolute atomic E-state index is 0.0604. The van der Waals surface area contributed by atoms with E-state index >= 15 is 0 Å². The summed E-state index contributed by atoms with van der Waals surface area (Å²) in [7, 11) is 1.35. The van der Waals surface area contributed by atoms with Gasteiger partial charge >= 0.3 is 0 Å². The molecule has 176 valence electrons. The van der Waals surface area contributed by atoms with Gasteiger partial charge in [0, 0.05) is 17.7 Å². The van der Waals surface area contributed by atoms with Gasteiger partial charge in [-0.3, -0.25) is 4.79 Å². The number of benzene rings is 2. The third-order valence-corrected chi connectivity index (χ3v) is 5.65. The van der Waals surface area contributed by atoms with Crippen LogP contribution in [-0.4, -0.2) is 73.9 Å². The topological polar surface area (TPSA) is 190 Å². The number of hydrogen-bond donors (Lipinski definition) is 7. The van der Waals surface area contributed by atoms with Crippen LogP contribution in [-0.2, 0) is 4.74 Å². The highest BCUT2D eigenvalue weighted by atomic mass is 16.5. The Balaban J connectivity index is 1.85. The third-order valence-electron chi connectivity index (χ3n) is 5.65. The molecule has 0 radical (unpaired) electrons. The molecule has 33 heavy (non-hydrogen) atoms. The van der Waals surface area contributed by atoms with Crippen LogP contribution in [0, 0.1) is 0 Å². The average Bonchev–Trinajstić information content (AvgIpc) is 2.78. The predicted octanol–water partition coefficient (Wildman–Crippen LogP) is 0.100. The summed E-state index contributed by atoms with van der Waals surface area (Å²) in [6, 6.07) is 6.37. The maximum absolute atomic E-state index is 12.9. The standard InChI is InChI=1S/C22H22O11/c1-31-13-4-8(2-3-9(13)24)12-5-10(25)16-14(32-12)6-11(26)17(19(16)28)22-21(30)20(29)18(27)15(7-23)33-22/h2-6,15,18,20-24,26-30H,7H2,1H3/t15-,18-,20-,21-,22+/m1/s1. The normalized spacial score (nSPS) is 25.3. The van der Waals surface area contributed by atoms with Crippen molar-refractivity contribution in [3.8, 4) is 34.3 Å². The first-order valence-corrected chi connectivity index (χ1v) is 9.88. The summed E-state index contributed by atoms with van der Waals surface area (Å²) >= 11 is 0. The van der Waals surface area contributed by atoms with E-state index in [2.05, 4.69) is 0 Å². The zero-order valence-corrected chi connectivity index (χ0v) is 17.2. The molecule has 11 heteroatoms. The molecule has 0 aliphatic carbocycles. The molecular formula is C22H22O11. The molecule has 0 amide bonds. The number of aliphatic hydroxyl groups is 4. The van der Waals surface area contributed by atoms with E-state index in [4.69, 9.17) is 13.9 Å². The lowest BCUT2D eigenvalue weighted by atomic mass is 9.89. The Hall–Kier alpha value is -3.35. The monoisotopic (exact) mass is 462 g/mol. The summed E-state index contributed by atoms with van der Waals surface area (Å²) in [4.78, 5) is 12.9. The van der Waals surface area contributed by atoms with Crippen molar-refractivity contribution in [1.29, 1.82) is 0 Å². The van der Waals surface area contributed by atoms with E-state index in [0.717, 1.165) is 12.1 Å². The zero-order valence-electron chi connectivity index (χ0n) is 17.2. The van der Waals surface area contributed by atoms with Crippen molar-refractivity contribution in [2.24, 2.45) is 0 Å². The molecule has 0 saturated carbocycles. The highest BCUT2D eigenvalue weighted by molar-refractivity contribution is 5.88. The fourth-order valence-electron chi connectivity index (χ4n) is 3.90. The van der Waals surface area contributed by atoms with E-state index in [1.54, 1.807) is 0 Å². The highest BCUT2D eigenvalue weighted by Gasteiger charge is 2.46. The molecule has 0 unspecified atom stereocenters. The molecule has 3 aromatic rings. The number of phenols is 3. The summed E-state index contributed by atoms with van der Waals surface area (Å²) in [6.45, 7) is -0.710. The van der Waals surface area contributed by atoms with Crippen LogP contribution in [0.3, 0.4) is 0 Å². The summed E-state index contributed by atoms with van der Waals surface area (Å²) in [5, 5.41) is 70.6. The number of methoxy groups -OCH3 is 1. The largest absolute Gasteiger partial charge is 0.507 e. The van der Waals surface area contributed by atoms with Gasteiger partial charge in [-0.15, -0.1) is 0 Å². The Labute approximate surface area is 185 Å². The number of hydrogen-bond acceptors (Lipinski definition) is 11. The SMILES string of the molecule is COc1cc(-c2cc(=O)c3c(O)c([C@@H]4O[C@H](CO)[C@@H](O)[C@@H](O)[C@H]4O)c(O)cc3o2)ccc1O. The van der Waals surface area contributed by atoms with Gasteiger partial charge in [-0.2, -0.15) is 0 Å². The number of aliphatic hydroxyl groups excluding tert-OH is 4. The number of rotatable bonds is 4. The van der Waals surface area contributed by atoms with Gasteiger partial charge in [0.1, 0.15) is 58.7 Å². The molecular weight excluding hydrogens is 440 g/mol. The predicted molar refractivity (Wildman–Crippen MR) is 112 cm³/mol. The van der Waals surface area contributed by atoms with Gasteiger partial charge in [0.05, 0.1) is 19.3 Å². The van der Waals surface area contributed by atoms with Gasteiger partial charge in [-0.05, 0) is 18.2 Å². The molecule has 0 spiro atoms. The van der Waals surface area contributed by atoms with E-state index in [1.807, 2.05) is 0 Å². The maximum atomic E-state index is 12.9. The van der Waals surface area contributed by atoms with Crippen LogP contribution in [0.4, 0.5) is 0 Å². The first-order valence-electron chi connectivity index (χ1n) is 9.88. The Morgan fingerprint density at radius 2 is 1.70 bits per heavy atom. The van der Waals surface area contributed by atoms with E-state index in [9.17, 15) is 40.5 Å². The van der Waals surface area contributed by atoms with Crippen LogP contribution in [0.15, 0.2) is 39.5 Å². The Kier molecular flexibility index (Phi) is 5.91. The fourth-order valence-corrected chi connectivity index (χ4v) is 3.90. The van der Waals surface area contributed by atoms with Crippen LogP contribution in [0.1, 0.15) is 11.7 Å². The number of fused-ring (bicyclic) bond motifs is 1. The van der Waals surface area contributed by atoms with Crippen molar-refractivity contribution in [1.82, 2.24) is 0 Å². The van der Waals surface area contributed by atoms with Gasteiger partial charge < -0.3 is 49.6 Å². The van der Waals surface area contributed by atoms with Crippen LogP contribution in [0.2, 0.25) is 0 Å². The van der Waals surface area contributed by atoms with Gasteiger partial charge in [-0.25, -0.2) is 0 Å². The smallest absolute Gasteiger partial charge is 0.197 e. The Morgan fingerprint density at radius 3 is 2.36 bits per heavy atom. The number of aromatic hydroxyl groups is 3. The molecule has 4 rings (SSSR count). The zero-order chi connectivity index (χ0) is 24.0. The lowest BCUT2D eigenvalue weighted by molar-refractivity contribution is -0.232. The minimum Gasteiger partial charge on any atom is -0.507 e. The molecule has 1 fully saturated rings. The average molecular weight is 462 g/mol. The third kappa shape index (κ3) is 3.75. The second kappa shape index (κ2) is 8.54. The maximum Gasteiger partial charge on any atom is 0.197 e. The van der Waals surface area contributed by atoms with Gasteiger partial charge in [0.25, 0.3) is 0 Å². The molecule has 1 aliphatic heterocycles. The van der Waals surface area contributed by atoms with Gasteiger partial charge in [0.15, 0.2) is 16.9 Å². The van der Waals surface area contributed by atoms with Crippen molar-refractivity contribution in [2.45, 2.75) is 30.5 Å². The van der Waals surface area contributed by atoms with Crippen molar-refractivity contribution >= 4 is 11.0 Å². The van der Waals surface area contributed by atoms with Crippen LogP contribution < -0.4 is 10.2 Å². The molecule has 0 bridgehead atoms. The molecule has 1 saturated heterocycles. The van der Waals surface area contributed by atoms with E-state index in [0.29, 0.717) is 5.56 Å². The van der Waals surface area contributed by atoms with Gasteiger partial charge in [-0.1, -0.05) is 0 Å². The van der Waals surface area contributed by atoms with Crippen molar-refractivity contribution in [2.75, 3.05) is 13.7 Å². The van der Waals surface area contributed by atoms with Crippen LogP contribution in [0.5, 0.6) is 23.0 Å². The summed E-state index contributed by atoms with van der Waals surface area (Å²) in [6.07, 6.45) is -8.02. The molecule has 1 aliphatic rings. The molecule has 7 N–H and O–H groups in total. The van der Waals surface area contributed by atoms with E-state index in [1.165, 1.54) is 25.3 Å².